The van der Waals surface area contributed by atoms with Crippen molar-refractivity contribution in [3.05, 3.63) is 92.4 Å². The van der Waals surface area contributed by atoms with Gasteiger partial charge in [0, 0.05) is 16.3 Å². The van der Waals surface area contributed by atoms with Crippen LogP contribution in [0.3, 0.4) is 0 Å². The summed E-state index contributed by atoms with van der Waals surface area (Å²) in [5.41, 5.74) is 2.05. The van der Waals surface area contributed by atoms with Gasteiger partial charge >= 0.3 is 5.97 Å². The Balaban J connectivity index is 1.80. The zero-order valence-electron chi connectivity index (χ0n) is 20.2. The van der Waals surface area contributed by atoms with Crippen LogP contribution in [-0.4, -0.2) is 25.1 Å². The second kappa shape index (κ2) is 13.5. The minimum atomic E-state index is -0.598. The molecule has 3 rings (SSSR count). The third-order valence-corrected chi connectivity index (χ3v) is 5.95. The summed E-state index contributed by atoms with van der Waals surface area (Å²) in [5.74, 6) is -0.126. The van der Waals surface area contributed by atoms with Gasteiger partial charge < -0.3 is 19.5 Å². The van der Waals surface area contributed by atoms with Crippen LogP contribution in [0.1, 0.15) is 35.3 Å². The number of nitrogens with zero attached hydrogens (tertiary/aromatic N) is 1. The minimum absolute atomic E-state index is 0.117. The Labute approximate surface area is 228 Å². The molecule has 3 aromatic rings. The molecule has 0 aliphatic heterocycles. The molecule has 37 heavy (non-hydrogen) atoms. The Hall–Kier alpha value is -3.80. The van der Waals surface area contributed by atoms with Gasteiger partial charge in [-0.15, -0.1) is 0 Å². The van der Waals surface area contributed by atoms with E-state index in [-0.39, 0.29) is 18.8 Å². The Bertz CT molecular complexity index is 1350. The van der Waals surface area contributed by atoms with Gasteiger partial charge in [0.2, 0.25) is 0 Å². The summed E-state index contributed by atoms with van der Waals surface area (Å²) in [4.78, 5) is 24.5. The summed E-state index contributed by atoms with van der Waals surface area (Å²) in [6.07, 6.45) is 1.45. The van der Waals surface area contributed by atoms with Crippen LogP contribution in [-0.2, 0) is 16.1 Å². The standard InChI is InChI=1S/C28H24BrClN2O5/c1-3-35-25-15-18(14-23(29)26(25)37-17-20-7-5-6-8-24(20)30)13-21(16-31)27(33)32-22-11-9-19(10-12-22)28(34)36-4-2/h5-15H,3-4,17H2,1-2H3,(H,32,33)/b21-13+. The van der Waals surface area contributed by atoms with E-state index in [1.165, 1.54) is 18.2 Å². The lowest BCUT2D eigenvalue weighted by Gasteiger charge is -2.15. The smallest absolute Gasteiger partial charge is 0.338 e. The summed E-state index contributed by atoms with van der Waals surface area (Å²) >= 11 is 9.74. The molecule has 1 N–H and O–H groups in total. The lowest BCUT2D eigenvalue weighted by molar-refractivity contribution is -0.112. The first-order valence-electron chi connectivity index (χ1n) is 11.4. The van der Waals surface area contributed by atoms with Crippen molar-refractivity contribution in [3.8, 4) is 17.6 Å². The lowest BCUT2D eigenvalue weighted by atomic mass is 10.1. The van der Waals surface area contributed by atoms with Crippen LogP contribution in [0.4, 0.5) is 5.69 Å². The summed E-state index contributed by atoms with van der Waals surface area (Å²) in [6.45, 7) is 4.45. The Morgan fingerprint density at radius 1 is 1.05 bits per heavy atom. The zero-order valence-corrected chi connectivity index (χ0v) is 22.6. The Kier molecular flexibility index (Phi) is 10.1. The molecule has 0 spiro atoms. The number of rotatable bonds is 10. The van der Waals surface area contributed by atoms with E-state index in [0.717, 1.165) is 5.56 Å². The van der Waals surface area contributed by atoms with E-state index >= 15 is 0 Å². The molecule has 0 aliphatic carbocycles. The van der Waals surface area contributed by atoms with E-state index in [2.05, 4.69) is 21.2 Å². The van der Waals surface area contributed by atoms with Gasteiger partial charge in [-0.3, -0.25) is 4.79 Å². The number of amides is 1. The van der Waals surface area contributed by atoms with Gasteiger partial charge in [-0.05, 0) is 83.9 Å². The molecule has 7 nitrogen and oxygen atoms in total. The molecule has 3 aromatic carbocycles. The van der Waals surface area contributed by atoms with E-state index in [9.17, 15) is 14.9 Å². The van der Waals surface area contributed by atoms with Crippen LogP contribution >= 0.6 is 27.5 Å². The van der Waals surface area contributed by atoms with Gasteiger partial charge in [-0.25, -0.2) is 4.79 Å². The largest absolute Gasteiger partial charge is 0.490 e. The monoisotopic (exact) mass is 582 g/mol. The summed E-state index contributed by atoms with van der Waals surface area (Å²) < 4.78 is 17.3. The van der Waals surface area contributed by atoms with Gasteiger partial charge in [0.15, 0.2) is 11.5 Å². The molecule has 0 saturated carbocycles. The average Bonchev–Trinajstić information content (AvgIpc) is 2.88. The molecule has 0 aliphatic rings. The molecule has 0 bridgehead atoms. The lowest BCUT2D eigenvalue weighted by Crippen LogP contribution is -2.13. The van der Waals surface area contributed by atoms with Crippen LogP contribution in [0, 0.1) is 11.3 Å². The number of benzene rings is 3. The van der Waals surface area contributed by atoms with Crippen molar-refractivity contribution in [2.24, 2.45) is 0 Å². The molecular formula is C28H24BrClN2O5. The second-order valence-corrected chi connectivity index (χ2v) is 8.83. The zero-order chi connectivity index (χ0) is 26.8. The fourth-order valence-electron chi connectivity index (χ4n) is 3.26. The number of halogens is 2. The molecule has 9 heteroatoms. The summed E-state index contributed by atoms with van der Waals surface area (Å²) in [7, 11) is 0. The SMILES string of the molecule is CCOC(=O)c1ccc(NC(=O)/C(C#N)=C/c2cc(Br)c(OCc3ccccc3Cl)c(OCC)c2)cc1. The van der Waals surface area contributed by atoms with E-state index in [4.69, 9.17) is 25.8 Å². The number of ether oxygens (including phenoxy) is 3. The van der Waals surface area contributed by atoms with Crippen molar-refractivity contribution in [2.75, 3.05) is 18.5 Å². The topological polar surface area (TPSA) is 97.7 Å². The van der Waals surface area contributed by atoms with E-state index in [1.807, 2.05) is 31.2 Å². The molecule has 190 valence electrons. The predicted octanol–water partition coefficient (Wildman–Crippen LogP) is 6.80. The number of hydrogen-bond acceptors (Lipinski definition) is 6. The molecule has 0 heterocycles. The second-order valence-electron chi connectivity index (χ2n) is 7.56. The number of carbonyl (C=O) groups is 2. The van der Waals surface area contributed by atoms with E-state index in [0.29, 0.717) is 44.4 Å². The molecule has 0 unspecified atom stereocenters. The molecule has 0 saturated heterocycles. The van der Waals surface area contributed by atoms with Crippen LogP contribution in [0.2, 0.25) is 5.02 Å². The highest BCUT2D eigenvalue weighted by atomic mass is 79.9. The predicted molar refractivity (Wildman–Crippen MR) is 146 cm³/mol. The third kappa shape index (κ3) is 7.59. The van der Waals surface area contributed by atoms with Gasteiger partial charge in [-0.1, -0.05) is 29.8 Å². The molecule has 0 radical (unpaired) electrons. The van der Waals surface area contributed by atoms with Gasteiger partial charge in [0.25, 0.3) is 5.91 Å². The maximum absolute atomic E-state index is 12.7. The Morgan fingerprint density at radius 3 is 2.43 bits per heavy atom. The maximum atomic E-state index is 12.7. The van der Waals surface area contributed by atoms with Gasteiger partial charge in [-0.2, -0.15) is 5.26 Å². The Morgan fingerprint density at radius 2 is 1.78 bits per heavy atom. The average molecular weight is 584 g/mol. The van der Waals surface area contributed by atoms with E-state index < -0.39 is 11.9 Å². The molecule has 1 amide bonds. The highest BCUT2D eigenvalue weighted by Crippen LogP contribution is 2.38. The van der Waals surface area contributed by atoms with Crippen LogP contribution in [0.25, 0.3) is 6.08 Å². The third-order valence-electron chi connectivity index (χ3n) is 4.99. The van der Waals surface area contributed by atoms with Gasteiger partial charge in [0.05, 0.1) is 23.2 Å². The van der Waals surface area contributed by atoms with Crippen molar-refractivity contribution >= 4 is 51.2 Å². The highest BCUT2D eigenvalue weighted by molar-refractivity contribution is 9.10. The van der Waals surface area contributed by atoms with Crippen LogP contribution in [0.5, 0.6) is 11.5 Å². The molecule has 0 fully saturated rings. The fraction of sp³-hybridized carbons (Fsp3) is 0.179. The van der Waals surface area contributed by atoms with Crippen molar-refractivity contribution in [2.45, 2.75) is 20.5 Å². The summed E-state index contributed by atoms with van der Waals surface area (Å²) in [5, 5.41) is 12.9. The van der Waals surface area contributed by atoms with Crippen molar-refractivity contribution in [1.29, 1.82) is 5.26 Å². The van der Waals surface area contributed by atoms with Gasteiger partial charge in [0.1, 0.15) is 18.2 Å². The quantitative estimate of drug-likeness (QED) is 0.160. The molecule has 0 atom stereocenters. The maximum Gasteiger partial charge on any atom is 0.338 e. The number of carbonyl (C=O) groups excluding carboxylic acids is 2. The van der Waals surface area contributed by atoms with Crippen molar-refractivity contribution in [1.82, 2.24) is 0 Å². The number of nitriles is 1. The summed E-state index contributed by atoms with van der Waals surface area (Å²) in [6, 6.07) is 18.9. The first kappa shape index (κ1) is 27.8. The highest BCUT2D eigenvalue weighted by Gasteiger charge is 2.16. The number of hydrogen-bond donors (Lipinski definition) is 1. The first-order chi connectivity index (χ1) is 17.9. The molecular weight excluding hydrogens is 560 g/mol. The number of esters is 1. The van der Waals surface area contributed by atoms with Crippen molar-refractivity contribution < 1.29 is 23.8 Å². The minimum Gasteiger partial charge on any atom is -0.490 e. The van der Waals surface area contributed by atoms with Crippen LogP contribution in [0.15, 0.2) is 70.7 Å². The molecule has 0 aromatic heterocycles. The first-order valence-corrected chi connectivity index (χ1v) is 12.6. The van der Waals surface area contributed by atoms with Crippen LogP contribution < -0.4 is 14.8 Å². The van der Waals surface area contributed by atoms with Crippen molar-refractivity contribution in [3.63, 3.8) is 0 Å². The number of nitrogens with one attached hydrogen (secondary N) is 1. The normalized spacial score (nSPS) is 10.8. The van der Waals surface area contributed by atoms with E-state index in [1.54, 1.807) is 37.3 Å². The number of anilines is 1. The fourth-order valence-corrected chi connectivity index (χ4v) is 4.02.